The van der Waals surface area contributed by atoms with Crippen LogP contribution in [-0.4, -0.2) is 47.8 Å². The van der Waals surface area contributed by atoms with Crippen LogP contribution in [0.4, 0.5) is 32.0 Å². The summed E-state index contributed by atoms with van der Waals surface area (Å²) in [7, 11) is 1.05. The molecule has 0 fully saturated rings. The number of carbonyl (C=O) groups excluding carboxylic acids is 4. The summed E-state index contributed by atoms with van der Waals surface area (Å²) in [5, 5.41) is 2.48. The van der Waals surface area contributed by atoms with E-state index in [4.69, 9.17) is 0 Å². The molecule has 0 spiro atoms. The van der Waals surface area contributed by atoms with Gasteiger partial charge < -0.3 is 5.32 Å². The highest BCUT2D eigenvalue weighted by molar-refractivity contribution is 6.21. The first-order chi connectivity index (χ1) is 22.7. The predicted molar refractivity (Wildman–Crippen MR) is 170 cm³/mol. The number of nitrogens with one attached hydrogen (secondary N) is 1. The van der Waals surface area contributed by atoms with Crippen molar-refractivity contribution < 1.29 is 45.5 Å². The third-order valence-corrected chi connectivity index (χ3v) is 9.09. The summed E-state index contributed by atoms with van der Waals surface area (Å²) in [6, 6.07) is 17.7. The largest absolute Gasteiger partial charge is 0.411 e. The second-order valence-electron chi connectivity index (χ2n) is 12.5. The summed E-state index contributed by atoms with van der Waals surface area (Å²) in [6.07, 6.45) is -12.1. The topological polar surface area (TPSA) is 83.6 Å². The molecule has 4 aromatic carbocycles. The van der Waals surface area contributed by atoms with Gasteiger partial charge in [-0.3, -0.25) is 24.1 Å². The van der Waals surface area contributed by atoms with Crippen molar-refractivity contribution in [1.82, 2.24) is 4.90 Å². The lowest BCUT2D eigenvalue weighted by Gasteiger charge is -2.38. The van der Waals surface area contributed by atoms with E-state index < -0.39 is 74.5 Å². The van der Waals surface area contributed by atoms with Crippen molar-refractivity contribution in [3.8, 4) is 0 Å². The minimum absolute atomic E-state index is 0.178. The standard InChI is InChI=1S/C37H30F6N2O4/c1-20-6-8-22(9-7-20)34(3,4)23-10-14-26(15-11-23)44-31(47)29-18-24(12-16-27(29)21(2)46)35(36(38,39)40,37(41,42)43)25-13-17-28-30(19-25)33(49)45(5)32(28)48/h6-19H,1-5H3,(H,44,47). The van der Waals surface area contributed by atoms with E-state index >= 15 is 26.3 Å². The Labute approximate surface area is 277 Å². The predicted octanol–water partition coefficient (Wildman–Crippen LogP) is 8.41. The Balaban J connectivity index is 1.59. The molecule has 5 rings (SSSR count). The molecule has 0 aromatic heterocycles. The maximum absolute atomic E-state index is 15.0. The van der Waals surface area contributed by atoms with Crippen LogP contribution in [0, 0.1) is 6.92 Å². The van der Waals surface area contributed by atoms with Gasteiger partial charge >= 0.3 is 12.4 Å². The van der Waals surface area contributed by atoms with E-state index in [2.05, 4.69) is 5.32 Å². The number of hydrogen-bond acceptors (Lipinski definition) is 4. The number of Topliss-reactive ketones (excluding diaryl/α,β-unsaturated/α-hetero) is 1. The number of alkyl halides is 6. The Hall–Kier alpha value is -5.26. The molecule has 0 radical (unpaired) electrons. The summed E-state index contributed by atoms with van der Waals surface area (Å²) in [6.45, 7) is 6.98. The first-order valence-electron chi connectivity index (χ1n) is 15.0. The molecule has 254 valence electrons. The van der Waals surface area contributed by atoms with Gasteiger partial charge in [0.15, 0.2) is 5.78 Å². The number of carbonyl (C=O) groups is 4. The number of fused-ring (bicyclic) bond motifs is 1. The van der Waals surface area contributed by atoms with E-state index in [9.17, 15) is 19.2 Å². The average Bonchev–Trinajstić information content (AvgIpc) is 3.23. The molecule has 6 nitrogen and oxygen atoms in total. The van der Waals surface area contributed by atoms with Gasteiger partial charge in [0.1, 0.15) is 0 Å². The molecule has 0 bridgehead atoms. The third-order valence-electron chi connectivity index (χ3n) is 9.09. The average molecular weight is 681 g/mol. The molecule has 1 aliphatic rings. The minimum atomic E-state index is -6.07. The van der Waals surface area contributed by atoms with E-state index in [-0.39, 0.29) is 11.3 Å². The number of imide groups is 1. The van der Waals surface area contributed by atoms with E-state index in [0.29, 0.717) is 29.2 Å². The Morgan fingerprint density at radius 2 is 1.10 bits per heavy atom. The summed E-state index contributed by atoms with van der Waals surface area (Å²) < 4.78 is 90.1. The smallest absolute Gasteiger partial charge is 0.322 e. The molecule has 0 aliphatic carbocycles. The van der Waals surface area contributed by atoms with Gasteiger partial charge in [-0.05, 0) is 66.4 Å². The molecular weight excluding hydrogens is 650 g/mol. The van der Waals surface area contributed by atoms with Crippen LogP contribution in [0.5, 0.6) is 0 Å². The molecule has 3 amide bonds. The van der Waals surface area contributed by atoms with Gasteiger partial charge in [-0.15, -0.1) is 0 Å². The third kappa shape index (κ3) is 5.78. The van der Waals surface area contributed by atoms with Crippen molar-refractivity contribution in [1.29, 1.82) is 0 Å². The van der Waals surface area contributed by atoms with E-state index in [0.717, 1.165) is 42.8 Å². The van der Waals surface area contributed by atoms with Gasteiger partial charge in [0.25, 0.3) is 17.7 Å². The van der Waals surface area contributed by atoms with Crippen molar-refractivity contribution in [2.24, 2.45) is 0 Å². The lowest BCUT2D eigenvalue weighted by atomic mass is 9.71. The maximum atomic E-state index is 15.0. The number of benzene rings is 4. The molecule has 0 unspecified atom stereocenters. The number of rotatable bonds is 7. The first kappa shape index (κ1) is 35.1. The van der Waals surface area contributed by atoms with Crippen LogP contribution in [0.1, 0.15) is 90.0 Å². The van der Waals surface area contributed by atoms with Gasteiger partial charge in [-0.1, -0.05) is 74.0 Å². The highest BCUT2D eigenvalue weighted by atomic mass is 19.4. The quantitative estimate of drug-likeness (QED) is 0.121. The zero-order valence-corrected chi connectivity index (χ0v) is 26.9. The van der Waals surface area contributed by atoms with E-state index in [1.54, 1.807) is 12.1 Å². The van der Waals surface area contributed by atoms with E-state index in [1.165, 1.54) is 12.1 Å². The summed E-state index contributed by atoms with van der Waals surface area (Å²) in [5.41, 5.74) is -6.98. The SMILES string of the molecule is CC(=O)c1ccc(C(c2ccc3c(c2)C(=O)N(C)C3=O)(C(F)(F)F)C(F)(F)F)cc1C(=O)Nc1ccc(C(C)(C)c2ccc(C)cc2)cc1. The lowest BCUT2D eigenvalue weighted by Crippen LogP contribution is -2.55. The second-order valence-corrected chi connectivity index (χ2v) is 12.5. The molecule has 1 aliphatic heterocycles. The first-order valence-corrected chi connectivity index (χ1v) is 15.0. The monoisotopic (exact) mass is 680 g/mol. The fourth-order valence-electron chi connectivity index (χ4n) is 6.15. The normalized spacial score (nSPS) is 13.8. The van der Waals surface area contributed by atoms with Crippen molar-refractivity contribution in [3.63, 3.8) is 0 Å². The zero-order chi connectivity index (χ0) is 36.3. The van der Waals surface area contributed by atoms with Crippen molar-refractivity contribution in [3.05, 3.63) is 135 Å². The summed E-state index contributed by atoms with van der Waals surface area (Å²) in [4.78, 5) is 51.5. The lowest BCUT2D eigenvalue weighted by molar-refractivity contribution is -0.288. The number of hydrogen-bond donors (Lipinski definition) is 1. The number of nitrogens with zero attached hydrogens (tertiary/aromatic N) is 1. The fraction of sp³-hybridized carbons (Fsp3) is 0.243. The second kappa shape index (κ2) is 12.0. The fourth-order valence-corrected chi connectivity index (χ4v) is 6.15. The summed E-state index contributed by atoms with van der Waals surface area (Å²) in [5.74, 6) is -3.85. The maximum Gasteiger partial charge on any atom is 0.411 e. The number of amides is 3. The molecule has 1 N–H and O–H groups in total. The Morgan fingerprint density at radius 3 is 1.63 bits per heavy atom. The van der Waals surface area contributed by atoms with Crippen LogP contribution in [0.15, 0.2) is 84.9 Å². The Bertz CT molecular complexity index is 1980. The van der Waals surface area contributed by atoms with Crippen LogP contribution in [0.25, 0.3) is 0 Å². The number of aryl methyl sites for hydroxylation is 1. The van der Waals surface area contributed by atoms with Crippen LogP contribution in [0.3, 0.4) is 0 Å². The van der Waals surface area contributed by atoms with Gasteiger partial charge in [0.05, 0.1) is 16.7 Å². The van der Waals surface area contributed by atoms with Crippen molar-refractivity contribution in [2.75, 3.05) is 12.4 Å². The van der Waals surface area contributed by atoms with Crippen LogP contribution in [-0.2, 0) is 10.8 Å². The van der Waals surface area contributed by atoms with E-state index in [1.807, 2.05) is 45.0 Å². The molecule has 0 saturated carbocycles. The zero-order valence-electron chi connectivity index (χ0n) is 26.9. The molecule has 49 heavy (non-hydrogen) atoms. The molecular formula is C37H30F6N2O4. The molecule has 0 saturated heterocycles. The van der Waals surface area contributed by atoms with Crippen molar-refractivity contribution in [2.45, 2.75) is 50.9 Å². The van der Waals surface area contributed by atoms with Crippen molar-refractivity contribution >= 4 is 29.2 Å². The Kier molecular flexibility index (Phi) is 8.59. The minimum Gasteiger partial charge on any atom is -0.322 e. The molecule has 4 aromatic rings. The van der Waals surface area contributed by atoms with Gasteiger partial charge in [0.2, 0.25) is 5.41 Å². The van der Waals surface area contributed by atoms with Gasteiger partial charge in [-0.25, -0.2) is 0 Å². The van der Waals surface area contributed by atoms with Crippen LogP contribution in [0.2, 0.25) is 0 Å². The number of anilines is 1. The van der Waals surface area contributed by atoms with Gasteiger partial charge in [0, 0.05) is 23.7 Å². The van der Waals surface area contributed by atoms with Crippen LogP contribution >= 0.6 is 0 Å². The molecule has 0 atom stereocenters. The summed E-state index contributed by atoms with van der Waals surface area (Å²) >= 11 is 0. The highest BCUT2D eigenvalue weighted by Gasteiger charge is 2.72. The van der Waals surface area contributed by atoms with Gasteiger partial charge in [-0.2, -0.15) is 26.3 Å². The molecule has 12 heteroatoms. The number of halogens is 6. The Morgan fingerprint density at radius 1 is 0.633 bits per heavy atom. The highest BCUT2D eigenvalue weighted by Crippen LogP contribution is 2.56. The van der Waals surface area contributed by atoms with Crippen LogP contribution < -0.4 is 5.32 Å². The molecule has 1 heterocycles. The number of ketones is 1.